The first-order valence-electron chi connectivity index (χ1n) is 9.38. The van der Waals surface area contributed by atoms with Crippen LogP contribution >= 0.6 is 11.8 Å². The second-order valence-electron chi connectivity index (χ2n) is 6.80. The number of morpholine rings is 1. The summed E-state index contributed by atoms with van der Waals surface area (Å²) in [6.07, 6.45) is 5.12. The summed E-state index contributed by atoms with van der Waals surface area (Å²) in [7, 11) is 0. The number of aromatic nitrogens is 1. The minimum absolute atomic E-state index is 0.0342. The summed E-state index contributed by atoms with van der Waals surface area (Å²) in [4.78, 5) is 40.6. The van der Waals surface area contributed by atoms with Crippen LogP contribution in [0.1, 0.15) is 5.56 Å². The van der Waals surface area contributed by atoms with E-state index in [2.05, 4.69) is 6.58 Å². The molecule has 0 spiro atoms. The van der Waals surface area contributed by atoms with Gasteiger partial charge in [0.1, 0.15) is 6.54 Å². The van der Waals surface area contributed by atoms with Crippen molar-refractivity contribution in [2.45, 2.75) is 6.54 Å². The zero-order valence-electron chi connectivity index (χ0n) is 15.9. The van der Waals surface area contributed by atoms with Gasteiger partial charge in [-0.1, -0.05) is 24.3 Å². The Bertz CT molecular complexity index is 1020. The van der Waals surface area contributed by atoms with Crippen LogP contribution in [0.3, 0.4) is 0 Å². The monoisotopic (exact) mass is 411 g/mol. The SMILES string of the molecule is C=CCN1C(=O)S/C(=C/c2cn(CC(=O)N3CCOCC3)c3ccccc23)C1=O. The fourth-order valence-electron chi connectivity index (χ4n) is 3.51. The number of carbonyl (C=O) groups excluding carboxylic acids is 3. The molecule has 0 radical (unpaired) electrons. The third-order valence-electron chi connectivity index (χ3n) is 4.96. The highest BCUT2D eigenvalue weighted by molar-refractivity contribution is 8.18. The largest absolute Gasteiger partial charge is 0.378 e. The number of carbonyl (C=O) groups is 3. The Hall–Kier alpha value is -2.84. The van der Waals surface area contributed by atoms with E-state index in [1.165, 1.54) is 11.0 Å². The number of hydrogen-bond donors (Lipinski definition) is 0. The average Bonchev–Trinajstić information content (AvgIpc) is 3.21. The number of thioether (sulfide) groups is 1. The fraction of sp³-hybridized carbons (Fsp3) is 0.286. The maximum atomic E-state index is 12.7. The molecular formula is C21H21N3O4S. The molecule has 1 aromatic heterocycles. The molecule has 0 aliphatic carbocycles. The number of rotatable bonds is 5. The van der Waals surface area contributed by atoms with Gasteiger partial charge >= 0.3 is 0 Å². The molecule has 2 aromatic rings. The lowest BCUT2D eigenvalue weighted by Crippen LogP contribution is -2.42. The van der Waals surface area contributed by atoms with Crippen molar-refractivity contribution in [3.8, 4) is 0 Å². The van der Waals surface area contributed by atoms with Crippen LogP contribution in [0.4, 0.5) is 4.79 Å². The highest BCUT2D eigenvalue weighted by atomic mass is 32.2. The van der Waals surface area contributed by atoms with Gasteiger partial charge in [0.15, 0.2) is 0 Å². The quantitative estimate of drug-likeness (QED) is 0.559. The Labute approximate surface area is 172 Å². The van der Waals surface area contributed by atoms with Crippen molar-refractivity contribution in [2.24, 2.45) is 0 Å². The van der Waals surface area contributed by atoms with E-state index < -0.39 is 0 Å². The molecule has 0 unspecified atom stereocenters. The highest BCUT2D eigenvalue weighted by Crippen LogP contribution is 2.34. The van der Waals surface area contributed by atoms with Crippen LogP contribution < -0.4 is 0 Å². The Morgan fingerprint density at radius 1 is 1.21 bits per heavy atom. The van der Waals surface area contributed by atoms with Gasteiger partial charge in [0.05, 0.1) is 18.1 Å². The minimum atomic E-state index is -0.318. The van der Waals surface area contributed by atoms with E-state index in [-0.39, 0.29) is 30.1 Å². The Morgan fingerprint density at radius 2 is 1.97 bits per heavy atom. The van der Waals surface area contributed by atoms with Gasteiger partial charge in [-0.05, 0) is 23.9 Å². The van der Waals surface area contributed by atoms with Gasteiger partial charge in [-0.2, -0.15) is 0 Å². The van der Waals surface area contributed by atoms with Crippen LogP contribution in [0.5, 0.6) is 0 Å². The van der Waals surface area contributed by atoms with Gasteiger partial charge in [-0.25, -0.2) is 0 Å². The summed E-state index contributed by atoms with van der Waals surface area (Å²) in [5, 5.41) is 0.630. The van der Waals surface area contributed by atoms with Crippen molar-refractivity contribution in [1.29, 1.82) is 0 Å². The molecule has 0 atom stereocenters. The number of fused-ring (bicyclic) bond motifs is 1. The van der Waals surface area contributed by atoms with E-state index in [1.54, 1.807) is 11.0 Å². The third-order valence-corrected chi connectivity index (χ3v) is 5.87. The Morgan fingerprint density at radius 3 is 2.72 bits per heavy atom. The lowest BCUT2D eigenvalue weighted by molar-refractivity contribution is -0.135. The summed E-state index contributed by atoms with van der Waals surface area (Å²) >= 11 is 0.923. The number of amides is 3. The van der Waals surface area contributed by atoms with Gasteiger partial charge in [-0.3, -0.25) is 19.3 Å². The van der Waals surface area contributed by atoms with E-state index in [4.69, 9.17) is 4.74 Å². The predicted octanol–water partition coefficient (Wildman–Crippen LogP) is 2.72. The van der Waals surface area contributed by atoms with Gasteiger partial charge in [0.2, 0.25) is 5.91 Å². The lowest BCUT2D eigenvalue weighted by atomic mass is 10.1. The number of ether oxygens (including phenoxy) is 1. The molecule has 4 rings (SSSR count). The molecule has 2 aliphatic heterocycles. The number of nitrogens with zero attached hydrogens (tertiary/aromatic N) is 3. The molecule has 2 aliphatic rings. The van der Waals surface area contributed by atoms with E-state index in [9.17, 15) is 14.4 Å². The molecular weight excluding hydrogens is 390 g/mol. The van der Waals surface area contributed by atoms with Crippen molar-refractivity contribution in [1.82, 2.24) is 14.4 Å². The third kappa shape index (κ3) is 3.86. The molecule has 7 nitrogen and oxygen atoms in total. The second-order valence-corrected chi connectivity index (χ2v) is 7.80. The summed E-state index contributed by atoms with van der Waals surface area (Å²) in [6.45, 7) is 6.31. The van der Waals surface area contributed by atoms with E-state index in [0.717, 1.165) is 28.2 Å². The van der Waals surface area contributed by atoms with Crippen molar-refractivity contribution in [3.63, 3.8) is 0 Å². The summed E-state index contributed by atoms with van der Waals surface area (Å²) < 4.78 is 7.21. The molecule has 1 aromatic carbocycles. The first-order chi connectivity index (χ1) is 14.1. The number of para-hydroxylation sites is 1. The average molecular weight is 411 g/mol. The number of hydrogen-bond acceptors (Lipinski definition) is 5. The molecule has 0 N–H and O–H groups in total. The first kappa shape index (κ1) is 19.5. The van der Waals surface area contributed by atoms with E-state index >= 15 is 0 Å². The smallest absolute Gasteiger partial charge is 0.293 e. The molecule has 29 heavy (non-hydrogen) atoms. The van der Waals surface area contributed by atoms with Crippen LogP contribution in [-0.4, -0.2) is 64.3 Å². The first-order valence-corrected chi connectivity index (χ1v) is 10.2. The molecule has 3 heterocycles. The topological polar surface area (TPSA) is 71.8 Å². The molecule has 0 bridgehead atoms. The Kier molecular flexibility index (Phi) is 5.55. The molecule has 150 valence electrons. The van der Waals surface area contributed by atoms with Crippen LogP contribution in [0.15, 0.2) is 48.0 Å². The van der Waals surface area contributed by atoms with Crippen LogP contribution in [0.25, 0.3) is 17.0 Å². The number of benzene rings is 1. The second kappa shape index (κ2) is 8.26. The molecule has 0 saturated carbocycles. The summed E-state index contributed by atoms with van der Waals surface area (Å²) in [6, 6.07) is 7.73. The van der Waals surface area contributed by atoms with E-state index in [0.29, 0.717) is 31.2 Å². The maximum absolute atomic E-state index is 12.7. The van der Waals surface area contributed by atoms with Crippen molar-refractivity contribution in [2.75, 3.05) is 32.8 Å². The zero-order chi connectivity index (χ0) is 20.4. The van der Waals surface area contributed by atoms with Crippen LogP contribution in [0.2, 0.25) is 0 Å². The predicted molar refractivity (Wildman–Crippen MR) is 112 cm³/mol. The lowest BCUT2D eigenvalue weighted by Gasteiger charge is -2.27. The molecule has 3 amide bonds. The number of imide groups is 1. The minimum Gasteiger partial charge on any atom is -0.378 e. The normalized spacial score (nSPS) is 18.8. The van der Waals surface area contributed by atoms with Gasteiger partial charge in [-0.15, -0.1) is 6.58 Å². The molecule has 2 saturated heterocycles. The standard InChI is InChI=1S/C21H21N3O4S/c1-2-7-24-20(26)18(29-21(24)27)12-15-13-23(17-6-4-3-5-16(15)17)14-19(25)22-8-10-28-11-9-22/h2-6,12-13H,1,7-11,14H2/b18-12+. The zero-order valence-corrected chi connectivity index (χ0v) is 16.7. The van der Waals surface area contributed by atoms with Crippen LogP contribution in [-0.2, 0) is 20.9 Å². The van der Waals surface area contributed by atoms with Gasteiger partial charge in [0.25, 0.3) is 11.1 Å². The highest BCUT2D eigenvalue weighted by Gasteiger charge is 2.34. The van der Waals surface area contributed by atoms with Crippen LogP contribution in [0, 0.1) is 0 Å². The molecule has 2 fully saturated rings. The van der Waals surface area contributed by atoms with Gasteiger partial charge < -0.3 is 14.2 Å². The molecule has 8 heteroatoms. The van der Waals surface area contributed by atoms with Crippen molar-refractivity contribution >= 4 is 45.8 Å². The van der Waals surface area contributed by atoms with Crippen molar-refractivity contribution < 1.29 is 19.1 Å². The fourth-order valence-corrected chi connectivity index (χ4v) is 4.35. The van der Waals surface area contributed by atoms with Crippen molar-refractivity contribution in [3.05, 3.63) is 53.6 Å². The van der Waals surface area contributed by atoms with Gasteiger partial charge in [0, 0.05) is 42.3 Å². The summed E-state index contributed by atoms with van der Waals surface area (Å²) in [5.74, 6) is -0.284. The van der Waals surface area contributed by atoms with E-state index in [1.807, 2.05) is 35.0 Å². The Balaban J connectivity index is 1.64. The maximum Gasteiger partial charge on any atom is 0.293 e. The summed E-state index contributed by atoms with van der Waals surface area (Å²) in [5.41, 5.74) is 1.71.